The molecule has 1 saturated heterocycles. The molecule has 106 valence electrons. The van der Waals surface area contributed by atoms with Gasteiger partial charge in [-0.25, -0.2) is 0 Å². The maximum atomic E-state index is 6.38. The van der Waals surface area contributed by atoms with E-state index >= 15 is 0 Å². The molecule has 1 spiro atoms. The summed E-state index contributed by atoms with van der Waals surface area (Å²) in [5, 5.41) is 3.64. The van der Waals surface area contributed by atoms with Crippen LogP contribution in [-0.4, -0.2) is 35.8 Å². The summed E-state index contributed by atoms with van der Waals surface area (Å²) in [7, 11) is 0. The molecule has 1 heterocycles. The first-order valence-corrected chi connectivity index (χ1v) is 8.88. The van der Waals surface area contributed by atoms with Crippen molar-refractivity contribution in [3.8, 4) is 0 Å². The lowest BCUT2D eigenvalue weighted by molar-refractivity contribution is -0.0627. The van der Waals surface area contributed by atoms with Crippen LogP contribution in [-0.2, 0) is 4.74 Å². The molecule has 2 fully saturated rings. The van der Waals surface area contributed by atoms with E-state index in [0.29, 0.717) is 12.1 Å². The average molecular weight is 271 g/mol. The SMILES string of the molecule is CCSCC(C)NCC1CCC2(CCCCC2)O1. The standard InChI is InChI=1S/C15H29NOS/c1-3-18-12-13(2)16-11-14-7-10-15(17-14)8-5-4-6-9-15/h13-14,16H,3-12H2,1-2H3. The van der Waals surface area contributed by atoms with Crippen LogP contribution in [0, 0.1) is 0 Å². The molecule has 18 heavy (non-hydrogen) atoms. The normalized spacial score (nSPS) is 28.7. The molecule has 0 aromatic carbocycles. The first-order valence-electron chi connectivity index (χ1n) is 7.73. The summed E-state index contributed by atoms with van der Waals surface area (Å²) in [6, 6.07) is 0.612. The van der Waals surface area contributed by atoms with Gasteiger partial charge in [0.1, 0.15) is 0 Å². The smallest absolute Gasteiger partial charge is 0.0708 e. The maximum Gasteiger partial charge on any atom is 0.0708 e. The summed E-state index contributed by atoms with van der Waals surface area (Å²) in [4.78, 5) is 0. The van der Waals surface area contributed by atoms with E-state index in [2.05, 4.69) is 19.2 Å². The van der Waals surface area contributed by atoms with Crippen molar-refractivity contribution in [2.75, 3.05) is 18.1 Å². The van der Waals surface area contributed by atoms with Crippen molar-refractivity contribution in [3.05, 3.63) is 0 Å². The van der Waals surface area contributed by atoms with Gasteiger partial charge in [-0.1, -0.05) is 26.2 Å². The van der Waals surface area contributed by atoms with Crippen LogP contribution in [0.3, 0.4) is 0 Å². The summed E-state index contributed by atoms with van der Waals surface area (Å²) in [5.41, 5.74) is 0.284. The highest BCUT2D eigenvalue weighted by molar-refractivity contribution is 7.99. The molecule has 2 nitrogen and oxygen atoms in total. The van der Waals surface area contributed by atoms with E-state index in [0.717, 1.165) is 6.54 Å². The van der Waals surface area contributed by atoms with Gasteiger partial charge < -0.3 is 10.1 Å². The second-order valence-corrected chi connectivity index (χ2v) is 7.31. The van der Waals surface area contributed by atoms with E-state index in [1.165, 1.54) is 56.5 Å². The predicted molar refractivity (Wildman–Crippen MR) is 80.4 cm³/mol. The first kappa shape index (κ1) is 14.7. The van der Waals surface area contributed by atoms with Gasteiger partial charge in [0, 0.05) is 18.3 Å². The van der Waals surface area contributed by atoms with Crippen LogP contribution in [0.25, 0.3) is 0 Å². The number of ether oxygens (including phenoxy) is 1. The van der Waals surface area contributed by atoms with Crippen molar-refractivity contribution < 1.29 is 4.74 Å². The van der Waals surface area contributed by atoms with Crippen LogP contribution in [0.4, 0.5) is 0 Å². The van der Waals surface area contributed by atoms with Crippen molar-refractivity contribution in [2.45, 2.75) is 76.5 Å². The highest BCUT2D eigenvalue weighted by Gasteiger charge is 2.40. The lowest BCUT2D eigenvalue weighted by Gasteiger charge is -2.33. The molecule has 3 heteroatoms. The Morgan fingerprint density at radius 3 is 2.78 bits per heavy atom. The monoisotopic (exact) mass is 271 g/mol. The quantitative estimate of drug-likeness (QED) is 0.797. The third-order valence-electron chi connectivity index (χ3n) is 4.37. The summed E-state index contributed by atoms with van der Waals surface area (Å²) in [6.45, 7) is 5.56. The van der Waals surface area contributed by atoms with Crippen molar-refractivity contribution >= 4 is 11.8 Å². The molecule has 2 atom stereocenters. The molecular weight excluding hydrogens is 242 g/mol. The minimum absolute atomic E-state index is 0.284. The number of hydrogen-bond donors (Lipinski definition) is 1. The van der Waals surface area contributed by atoms with E-state index in [4.69, 9.17) is 4.74 Å². The van der Waals surface area contributed by atoms with Crippen LogP contribution in [0.2, 0.25) is 0 Å². The lowest BCUT2D eigenvalue weighted by Crippen LogP contribution is -2.38. The Balaban J connectivity index is 1.66. The van der Waals surface area contributed by atoms with E-state index in [9.17, 15) is 0 Å². The van der Waals surface area contributed by atoms with E-state index in [1.807, 2.05) is 11.8 Å². The number of rotatable bonds is 6. The highest BCUT2D eigenvalue weighted by Crippen LogP contribution is 2.41. The Hall–Kier alpha value is 0.270. The molecule has 2 unspecified atom stereocenters. The zero-order valence-corrected chi connectivity index (χ0v) is 12.9. The molecule has 1 N–H and O–H groups in total. The van der Waals surface area contributed by atoms with Gasteiger partial charge in [0.2, 0.25) is 0 Å². The molecule has 1 saturated carbocycles. The zero-order valence-electron chi connectivity index (χ0n) is 12.0. The summed E-state index contributed by atoms with van der Waals surface area (Å²) in [6.07, 6.45) is 9.83. The highest BCUT2D eigenvalue weighted by atomic mass is 32.2. The molecule has 1 aliphatic heterocycles. The fourth-order valence-corrected chi connectivity index (χ4v) is 4.00. The van der Waals surface area contributed by atoms with Crippen LogP contribution >= 0.6 is 11.8 Å². The Morgan fingerprint density at radius 2 is 2.06 bits per heavy atom. The Morgan fingerprint density at radius 1 is 1.28 bits per heavy atom. The molecule has 2 aliphatic rings. The zero-order chi connectivity index (χ0) is 12.8. The minimum Gasteiger partial charge on any atom is -0.370 e. The Labute approximate surface area is 117 Å². The lowest BCUT2D eigenvalue weighted by atomic mass is 9.83. The third kappa shape index (κ3) is 4.14. The van der Waals surface area contributed by atoms with Crippen LogP contribution < -0.4 is 5.32 Å². The van der Waals surface area contributed by atoms with Crippen molar-refractivity contribution in [2.24, 2.45) is 0 Å². The summed E-state index contributed by atoms with van der Waals surface area (Å²) < 4.78 is 6.38. The van der Waals surface area contributed by atoms with Gasteiger partial charge >= 0.3 is 0 Å². The second-order valence-electron chi connectivity index (χ2n) is 5.99. The van der Waals surface area contributed by atoms with Crippen LogP contribution in [0.1, 0.15) is 58.8 Å². The Kier molecular flexibility index (Phi) is 5.84. The Bertz CT molecular complexity index is 241. The first-order chi connectivity index (χ1) is 8.74. The van der Waals surface area contributed by atoms with Gasteiger partial charge in [-0.3, -0.25) is 0 Å². The van der Waals surface area contributed by atoms with E-state index in [1.54, 1.807) is 0 Å². The molecule has 0 radical (unpaired) electrons. The number of hydrogen-bond acceptors (Lipinski definition) is 3. The molecule has 0 aromatic rings. The van der Waals surface area contributed by atoms with Crippen molar-refractivity contribution in [3.63, 3.8) is 0 Å². The van der Waals surface area contributed by atoms with Crippen molar-refractivity contribution in [1.29, 1.82) is 0 Å². The second kappa shape index (κ2) is 7.16. The molecule has 2 rings (SSSR count). The molecule has 0 amide bonds. The average Bonchev–Trinajstić information content (AvgIpc) is 2.78. The minimum atomic E-state index is 0.284. The van der Waals surface area contributed by atoms with Gasteiger partial charge in [-0.2, -0.15) is 11.8 Å². The van der Waals surface area contributed by atoms with Gasteiger partial charge in [-0.15, -0.1) is 0 Å². The third-order valence-corrected chi connectivity index (χ3v) is 5.51. The van der Waals surface area contributed by atoms with Crippen LogP contribution in [0.5, 0.6) is 0 Å². The van der Waals surface area contributed by atoms with E-state index in [-0.39, 0.29) is 5.60 Å². The van der Waals surface area contributed by atoms with Gasteiger partial charge in [0.05, 0.1) is 11.7 Å². The number of thioether (sulfide) groups is 1. The molecule has 0 bridgehead atoms. The maximum absolute atomic E-state index is 6.38. The topological polar surface area (TPSA) is 21.3 Å². The fourth-order valence-electron chi connectivity index (χ4n) is 3.29. The molecule has 0 aromatic heterocycles. The van der Waals surface area contributed by atoms with Crippen LogP contribution in [0.15, 0.2) is 0 Å². The predicted octanol–water partition coefficient (Wildman–Crippen LogP) is 3.60. The number of nitrogens with one attached hydrogen (secondary N) is 1. The largest absolute Gasteiger partial charge is 0.370 e. The van der Waals surface area contributed by atoms with Gasteiger partial charge in [0.15, 0.2) is 0 Å². The fraction of sp³-hybridized carbons (Fsp3) is 1.00. The van der Waals surface area contributed by atoms with Gasteiger partial charge in [-0.05, 0) is 38.4 Å². The summed E-state index contributed by atoms with van der Waals surface area (Å²) in [5.74, 6) is 2.43. The summed E-state index contributed by atoms with van der Waals surface area (Å²) >= 11 is 2.02. The van der Waals surface area contributed by atoms with Gasteiger partial charge in [0.25, 0.3) is 0 Å². The molecule has 1 aliphatic carbocycles. The van der Waals surface area contributed by atoms with Crippen molar-refractivity contribution in [1.82, 2.24) is 5.32 Å². The molecular formula is C15H29NOS. The van der Waals surface area contributed by atoms with E-state index < -0.39 is 0 Å².